The van der Waals surface area contributed by atoms with Crippen LogP contribution in [0.25, 0.3) is 0 Å². The van der Waals surface area contributed by atoms with E-state index in [0.717, 1.165) is 6.07 Å². The third kappa shape index (κ3) is 1.54. The van der Waals surface area contributed by atoms with Crippen molar-refractivity contribution in [3.63, 3.8) is 0 Å². The Kier molecular flexibility index (Phi) is 2.91. The lowest BCUT2D eigenvalue weighted by molar-refractivity contribution is 0.574. The minimum absolute atomic E-state index is 0.0309. The molecule has 0 saturated heterocycles. The van der Waals surface area contributed by atoms with Crippen LogP contribution < -0.4 is 0 Å². The first-order chi connectivity index (χ1) is 5.57. The van der Waals surface area contributed by atoms with Crippen molar-refractivity contribution in [2.75, 3.05) is 0 Å². The molecule has 0 aliphatic heterocycles. The van der Waals surface area contributed by atoms with Crippen molar-refractivity contribution in [3.05, 3.63) is 33.3 Å². The van der Waals surface area contributed by atoms with Crippen LogP contribution in [0.1, 0.15) is 12.5 Å². The number of hydrogen-bond acceptors (Lipinski definition) is 0. The lowest BCUT2D eigenvalue weighted by Crippen LogP contribution is -1.92. The van der Waals surface area contributed by atoms with E-state index in [1.807, 2.05) is 0 Å². The van der Waals surface area contributed by atoms with E-state index in [0.29, 0.717) is 6.42 Å². The predicted molar refractivity (Wildman–Crippen MR) is 45.8 cm³/mol. The van der Waals surface area contributed by atoms with Gasteiger partial charge in [-0.25, -0.2) is 8.78 Å². The summed E-state index contributed by atoms with van der Waals surface area (Å²) in [5, 5.41) is -0.244. The number of rotatable bonds is 1. The maximum Gasteiger partial charge on any atom is 0.146 e. The van der Waals surface area contributed by atoms with Gasteiger partial charge in [0.25, 0.3) is 0 Å². The topological polar surface area (TPSA) is 0 Å². The summed E-state index contributed by atoms with van der Waals surface area (Å²) in [6.07, 6.45) is 0.394. The summed E-state index contributed by atoms with van der Waals surface area (Å²) < 4.78 is 25.6. The van der Waals surface area contributed by atoms with Crippen LogP contribution in [0.3, 0.4) is 0 Å². The molecule has 12 heavy (non-hydrogen) atoms. The van der Waals surface area contributed by atoms with Crippen molar-refractivity contribution in [2.24, 2.45) is 0 Å². The second-order valence-electron chi connectivity index (χ2n) is 2.30. The van der Waals surface area contributed by atoms with Gasteiger partial charge in [-0.3, -0.25) is 0 Å². The molecule has 1 aromatic rings. The van der Waals surface area contributed by atoms with Gasteiger partial charge >= 0.3 is 0 Å². The molecule has 0 aliphatic rings. The summed E-state index contributed by atoms with van der Waals surface area (Å²) in [5.74, 6) is -1.47. The molecule has 0 amide bonds. The lowest BCUT2D eigenvalue weighted by atomic mass is 10.1. The van der Waals surface area contributed by atoms with E-state index < -0.39 is 11.6 Å². The van der Waals surface area contributed by atoms with E-state index in [9.17, 15) is 8.78 Å². The van der Waals surface area contributed by atoms with Crippen LogP contribution in [0.2, 0.25) is 10.0 Å². The van der Waals surface area contributed by atoms with Gasteiger partial charge in [0.1, 0.15) is 11.6 Å². The number of hydrogen-bond donors (Lipinski definition) is 0. The molecular formula is C8H6Cl2F2. The van der Waals surface area contributed by atoms with Gasteiger partial charge < -0.3 is 0 Å². The van der Waals surface area contributed by atoms with Gasteiger partial charge in [-0.05, 0) is 6.42 Å². The highest BCUT2D eigenvalue weighted by atomic mass is 35.5. The van der Waals surface area contributed by atoms with Gasteiger partial charge in [0.05, 0.1) is 10.0 Å². The average molecular weight is 211 g/mol. The molecule has 0 saturated carbocycles. The predicted octanol–water partition coefficient (Wildman–Crippen LogP) is 3.83. The zero-order valence-electron chi connectivity index (χ0n) is 6.30. The van der Waals surface area contributed by atoms with Crippen LogP contribution in [-0.2, 0) is 6.42 Å². The highest BCUT2D eigenvalue weighted by Gasteiger charge is 2.13. The molecule has 0 unspecified atom stereocenters. The first-order valence-electron chi connectivity index (χ1n) is 3.39. The van der Waals surface area contributed by atoms with E-state index in [4.69, 9.17) is 23.2 Å². The largest absolute Gasteiger partial charge is 0.207 e. The third-order valence-electron chi connectivity index (χ3n) is 1.56. The monoisotopic (exact) mass is 210 g/mol. The Morgan fingerprint density at radius 2 is 1.75 bits per heavy atom. The van der Waals surface area contributed by atoms with Gasteiger partial charge in [0.15, 0.2) is 0 Å². The standard InChI is InChI=1S/C8H6Cl2F2/c1-2-4-5(11)3-6(12)8(10)7(4)9/h3H,2H2,1H3. The Morgan fingerprint density at radius 3 is 2.25 bits per heavy atom. The van der Waals surface area contributed by atoms with E-state index in [2.05, 4.69) is 0 Å². The molecule has 0 atom stereocenters. The molecule has 0 bridgehead atoms. The lowest BCUT2D eigenvalue weighted by Gasteiger charge is -2.05. The average Bonchev–Trinajstić information content (AvgIpc) is 2.01. The van der Waals surface area contributed by atoms with Crippen LogP contribution in [0.5, 0.6) is 0 Å². The van der Waals surface area contributed by atoms with Gasteiger partial charge in [-0.1, -0.05) is 30.1 Å². The fraction of sp³-hybridized carbons (Fsp3) is 0.250. The fourth-order valence-corrected chi connectivity index (χ4v) is 1.41. The molecule has 4 heteroatoms. The fourth-order valence-electron chi connectivity index (χ4n) is 0.928. The van der Waals surface area contributed by atoms with Crippen LogP contribution in [0, 0.1) is 11.6 Å². The van der Waals surface area contributed by atoms with Crippen molar-refractivity contribution >= 4 is 23.2 Å². The quantitative estimate of drug-likeness (QED) is 0.489. The van der Waals surface area contributed by atoms with E-state index in [-0.39, 0.29) is 15.6 Å². The van der Waals surface area contributed by atoms with Crippen LogP contribution in [0.15, 0.2) is 6.07 Å². The molecule has 66 valence electrons. The zero-order valence-corrected chi connectivity index (χ0v) is 7.81. The molecule has 0 radical (unpaired) electrons. The minimum atomic E-state index is -0.823. The zero-order chi connectivity index (χ0) is 9.30. The van der Waals surface area contributed by atoms with Crippen molar-refractivity contribution in [1.29, 1.82) is 0 Å². The molecule has 1 rings (SSSR count). The maximum absolute atomic E-state index is 12.9. The van der Waals surface area contributed by atoms with Gasteiger partial charge in [0.2, 0.25) is 0 Å². The summed E-state index contributed by atoms with van der Waals surface area (Å²) in [7, 11) is 0. The molecule has 0 N–H and O–H groups in total. The molecule has 1 aromatic carbocycles. The summed E-state index contributed by atoms with van der Waals surface area (Å²) in [4.78, 5) is 0. The molecule has 0 fully saturated rings. The molecule has 0 aromatic heterocycles. The SMILES string of the molecule is CCc1c(F)cc(F)c(Cl)c1Cl. The summed E-state index contributed by atoms with van der Waals surface area (Å²) >= 11 is 11.1. The van der Waals surface area contributed by atoms with Gasteiger partial charge in [-0.15, -0.1) is 0 Å². The Morgan fingerprint density at radius 1 is 1.17 bits per heavy atom. The van der Waals surface area contributed by atoms with Gasteiger partial charge in [0, 0.05) is 11.6 Å². The maximum atomic E-state index is 12.9. The molecule has 0 aliphatic carbocycles. The molecule has 0 heterocycles. The van der Waals surface area contributed by atoms with E-state index >= 15 is 0 Å². The van der Waals surface area contributed by atoms with Crippen molar-refractivity contribution in [1.82, 2.24) is 0 Å². The van der Waals surface area contributed by atoms with E-state index in [1.54, 1.807) is 6.92 Å². The highest BCUT2D eigenvalue weighted by molar-refractivity contribution is 6.42. The smallest absolute Gasteiger partial charge is 0.146 e. The molecule has 0 spiro atoms. The van der Waals surface area contributed by atoms with Gasteiger partial charge in [-0.2, -0.15) is 0 Å². The Labute approximate surface area is 79.1 Å². The second-order valence-corrected chi connectivity index (χ2v) is 3.06. The number of benzene rings is 1. The molecular weight excluding hydrogens is 205 g/mol. The second kappa shape index (κ2) is 3.58. The minimum Gasteiger partial charge on any atom is -0.207 e. The first kappa shape index (κ1) is 9.75. The third-order valence-corrected chi connectivity index (χ3v) is 2.45. The van der Waals surface area contributed by atoms with Crippen LogP contribution >= 0.6 is 23.2 Å². The van der Waals surface area contributed by atoms with Crippen LogP contribution in [-0.4, -0.2) is 0 Å². The van der Waals surface area contributed by atoms with Crippen LogP contribution in [0.4, 0.5) is 8.78 Å². The summed E-state index contributed by atoms with van der Waals surface area (Å²) in [6, 6.07) is 0.743. The highest BCUT2D eigenvalue weighted by Crippen LogP contribution is 2.30. The normalized spacial score (nSPS) is 10.4. The van der Waals surface area contributed by atoms with Crippen molar-refractivity contribution in [2.45, 2.75) is 13.3 Å². The van der Waals surface area contributed by atoms with Crippen molar-refractivity contribution < 1.29 is 8.78 Å². The Balaban J connectivity index is 3.40. The van der Waals surface area contributed by atoms with E-state index in [1.165, 1.54) is 0 Å². The first-order valence-corrected chi connectivity index (χ1v) is 4.15. The number of halogens is 4. The Hall–Kier alpha value is -0.340. The van der Waals surface area contributed by atoms with Crippen molar-refractivity contribution in [3.8, 4) is 0 Å². The summed E-state index contributed by atoms with van der Waals surface area (Å²) in [5.41, 5.74) is 0.253. The molecule has 0 nitrogen and oxygen atoms in total. The Bertz CT molecular complexity index is 310. The summed E-state index contributed by atoms with van der Waals surface area (Å²) in [6.45, 7) is 1.72.